The average molecular weight is 285 g/mol. The minimum Gasteiger partial charge on any atom is -0.480 e. The highest BCUT2D eigenvalue weighted by Crippen LogP contribution is 2.26. The number of fused-ring (bicyclic) bond motifs is 1. The Morgan fingerprint density at radius 1 is 1.25 bits per heavy atom. The molecule has 5 nitrogen and oxygen atoms in total. The summed E-state index contributed by atoms with van der Waals surface area (Å²) < 4.78 is 37.7. The largest absolute Gasteiger partial charge is 0.480 e. The van der Waals surface area contributed by atoms with Crippen LogP contribution in [0.2, 0.25) is 0 Å². The Morgan fingerprint density at radius 3 is 2.60 bits per heavy atom. The van der Waals surface area contributed by atoms with E-state index in [1.54, 1.807) is 24.3 Å². The first-order valence-electron chi connectivity index (χ1n) is 5.60. The number of benzene rings is 1. The van der Waals surface area contributed by atoms with Crippen molar-refractivity contribution in [2.75, 3.05) is 18.0 Å². The fourth-order valence-electron chi connectivity index (χ4n) is 1.83. The Hall–Kier alpha value is -2.38. The number of para-hydroxylation sites is 1. The minimum atomic E-state index is -4.53. The molecule has 0 aliphatic carbocycles. The van der Waals surface area contributed by atoms with Gasteiger partial charge in [0.15, 0.2) is 0 Å². The lowest BCUT2D eigenvalue weighted by Gasteiger charge is -2.23. The molecule has 0 amide bonds. The van der Waals surface area contributed by atoms with Crippen molar-refractivity contribution in [3.8, 4) is 0 Å². The molecule has 20 heavy (non-hydrogen) atoms. The number of alkyl halides is 3. The molecule has 0 radical (unpaired) electrons. The van der Waals surface area contributed by atoms with Crippen LogP contribution < -0.4 is 4.90 Å². The number of halogens is 3. The second-order valence-electron chi connectivity index (χ2n) is 4.08. The molecule has 0 bridgehead atoms. The fourth-order valence-corrected chi connectivity index (χ4v) is 1.83. The van der Waals surface area contributed by atoms with Crippen LogP contribution in [-0.2, 0) is 4.79 Å². The van der Waals surface area contributed by atoms with E-state index in [1.165, 1.54) is 0 Å². The van der Waals surface area contributed by atoms with E-state index < -0.39 is 25.2 Å². The molecule has 1 heterocycles. The number of hydrogen-bond donors (Lipinski definition) is 1. The van der Waals surface area contributed by atoms with Gasteiger partial charge in [0.25, 0.3) is 0 Å². The van der Waals surface area contributed by atoms with Crippen molar-refractivity contribution in [3.05, 3.63) is 30.6 Å². The fraction of sp³-hybridized carbons (Fsp3) is 0.250. The van der Waals surface area contributed by atoms with Crippen LogP contribution in [0.25, 0.3) is 10.9 Å². The molecule has 0 fully saturated rings. The van der Waals surface area contributed by atoms with Gasteiger partial charge < -0.3 is 10.0 Å². The maximum Gasteiger partial charge on any atom is 0.405 e. The molecule has 0 saturated heterocycles. The lowest BCUT2D eigenvalue weighted by molar-refractivity contribution is -0.136. The molecule has 1 aromatic heterocycles. The molecule has 2 rings (SSSR count). The molecule has 0 saturated carbocycles. The quantitative estimate of drug-likeness (QED) is 0.931. The van der Waals surface area contributed by atoms with Crippen LogP contribution in [0, 0.1) is 0 Å². The highest BCUT2D eigenvalue weighted by atomic mass is 19.4. The van der Waals surface area contributed by atoms with Gasteiger partial charge in [-0.25, -0.2) is 9.97 Å². The van der Waals surface area contributed by atoms with Crippen molar-refractivity contribution in [3.63, 3.8) is 0 Å². The van der Waals surface area contributed by atoms with E-state index >= 15 is 0 Å². The van der Waals surface area contributed by atoms with Gasteiger partial charge in [-0.1, -0.05) is 12.1 Å². The molecule has 0 atom stereocenters. The third kappa shape index (κ3) is 3.34. The molecule has 1 aromatic carbocycles. The first-order chi connectivity index (χ1) is 9.37. The summed E-state index contributed by atoms with van der Waals surface area (Å²) in [5.74, 6) is -1.41. The van der Waals surface area contributed by atoms with Gasteiger partial charge in [0.2, 0.25) is 0 Å². The second-order valence-corrected chi connectivity index (χ2v) is 4.08. The van der Waals surface area contributed by atoms with Crippen LogP contribution in [0.3, 0.4) is 0 Å². The lowest BCUT2D eigenvalue weighted by Crippen LogP contribution is -2.38. The van der Waals surface area contributed by atoms with Gasteiger partial charge in [-0.15, -0.1) is 0 Å². The van der Waals surface area contributed by atoms with Gasteiger partial charge >= 0.3 is 12.1 Å². The molecular formula is C12H10F3N3O2. The predicted molar refractivity (Wildman–Crippen MR) is 65.4 cm³/mol. The summed E-state index contributed by atoms with van der Waals surface area (Å²) in [5.41, 5.74) is 0.454. The average Bonchev–Trinajstić information content (AvgIpc) is 2.35. The summed E-state index contributed by atoms with van der Waals surface area (Å²) >= 11 is 0. The zero-order chi connectivity index (χ0) is 14.8. The first-order valence-corrected chi connectivity index (χ1v) is 5.60. The Morgan fingerprint density at radius 2 is 1.95 bits per heavy atom. The van der Waals surface area contributed by atoms with E-state index in [4.69, 9.17) is 5.11 Å². The number of carbonyl (C=O) groups is 1. The highest BCUT2D eigenvalue weighted by molar-refractivity contribution is 5.90. The highest BCUT2D eigenvalue weighted by Gasteiger charge is 2.32. The predicted octanol–water partition coefficient (Wildman–Crippen LogP) is 2.08. The molecule has 2 aromatic rings. The zero-order valence-electron chi connectivity index (χ0n) is 10.1. The topological polar surface area (TPSA) is 66.3 Å². The standard InChI is InChI=1S/C12H10F3N3O2/c13-12(14,15)6-18(5-10(19)20)11-8-3-1-2-4-9(8)16-7-17-11/h1-4,7H,5-6H2,(H,19,20). The molecule has 0 aliphatic rings. The smallest absolute Gasteiger partial charge is 0.405 e. The van der Waals surface area contributed by atoms with E-state index in [2.05, 4.69) is 9.97 Å². The molecule has 0 spiro atoms. The van der Waals surface area contributed by atoms with Crippen LogP contribution in [0.4, 0.5) is 19.0 Å². The number of rotatable bonds is 4. The van der Waals surface area contributed by atoms with Gasteiger partial charge in [0, 0.05) is 5.39 Å². The molecule has 8 heteroatoms. The van der Waals surface area contributed by atoms with Crippen LogP contribution in [0.15, 0.2) is 30.6 Å². The van der Waals surface area contributed by atoms with E-state index in [0.717, 1.165) is 6.33 Å². The van der Waals surface area contributed by atoms with Crippen LogP contribution in [-0.4, -0.2) is 40.3 Å². The van der Waals surface area contributed by atoms with Crippen molar-refractivity contribution in [2.45, 2.75) is 6.18 Å². The number of aliphatic carboxylic acids is 1. The van der Waals surface area contributed by atoms with E-state index in [1.807, 2.05) is 0 Å². The maximum atomic E-state index is 12.6. The van der Waals surface area contributed by atoms with E-state index in [9.17, 15) is 18.0 Å². The zero-order valence-corrected chi connectivity index (χ0v) is 10.1. The van der Waals surface area contributed by atoms with E-state index in [-0.39, 0.29) is 5.82 Å². The summed E-state index contributed by atoms with van der Waals surface area (Å²) in [4.78, 5) is 19.2. The van der Waals surface area contributed by atoms with Crippen molar-refractivity contribution >= 4 is 22.7 Å². The Labute approximate surface area is 111 Å². The van der Waals surface area contributed by atoms with Crippen molar-refractivity contribution in [1.82, 2.24) is 9.97 Å². The summed E-state index contributed by atoms with van der Waals surface area (Å²) in [6.07, 6.45) is -3.41. The van der Waals surface area contributed by atoms with Gasteiger partial charge in [-0.05, 0) is 12.1 Å². The van der Waals surface area contributed by atoms with Crippen LogP contribution in [0.1, 0.15) is 0 Å². The minimum absolute atomic E-state index is 0.0460. The molecule has 0 unspecified atom stereocenters. The number of hydrogen-bond acceptors (Lipinski definition) is 4. The van der Waals surface area contributed by atoms with Gasteiger partial charge in [0.05, 0.1) is 5.52 Å². The first kappa shape index (κ1) is 14.0. The van der Waals surface area contributed by atoms with E-state index in [0.29, 0.717) is 15.8 Å². The van der Waals surface area contributed by atoms with Crippen molar-refractivity contribution < 1.29 is 23.1 Å². The summed E-state index contributed by atoms with van der Waals surface area (Å²) in [6.45, 7) is -2.18. The monoisotopic (exact) mass is 285 g/mol. The number of anilines is 1. The Bertz CT molecular complexity index is 625. The number of aromatic nitrogens is 2. The summed E-state index contributed by atoms with van der Waals surface area (Å²) in [5, 5.41) is 9.14. The van der Waals surface area contributed by atoms with Crippen LogP contribution >= 0.6 is 0 Å². The van der Waals surface area contributed by atoms with Gasteiger partial charge in [-0.2, -0.15) is 13.2 Å². The SMILES string of the molecule is O=C(O)CN(CC(F)(F)F)c1ncnc2ccccc12. The number of carboxylic acid groups (broad SMARTS) is 1. The number of nitrogens with zero attached hydrogens (tertiary/aromatic N) is 3. The molecule has 1 N–H and O–H groups in total. The lowest BCUT2D eigenvalue weighted by atomic mass is 10.2. The van der Waals surface area contributed by atoms with Gasteiger partial charge in [-0.3, -0.25) is 4.79 Å². The molecular weight excluding hydrogens is 275 g/mol. The third-order valence-corrected chi connectivity index (χ3v) is 2.52. The summed E-state index contributed by atoms with van der Waals surface area (Å²) in [7, 11) is 0. The van der Waals surface area contributed by atoms with Crippen LogP contribution in [0.5, 0.6) is 0 Å². The van der Waals surface area contributed by atoms with Gasteiger partial charge in [0.1, 0.15) is 25.2 Å². The van der Waals surface area contributed by atoms with Crippen molar-refractivity contribution in [1.29, 1.82) is 0 Å². The Balaban J connectivity index is 2.47. The molecule has 106 valence electrons. The number of carboxylic acids is 1. The maximum absolute atomic E-state index is 12.6. The summed E-state index contributed by atoms with van der Waals surface area (Å²) in [6, 6.07) is 6.48. The van der Waals surface area contributed by atoms with Crippen molar-refractivity contribution in [2.24, 2.45) is 0 Å². The normalized spacial score (nSPS) is 11.6. The third-order valence-electron chi connectivity index (χ3n) is 2.52. The Kier molecular flexibility index (Phi) is 3.73. The second kappa shape index (κ2) is 5.32. The molecule has 0 aliphatic heterocycles.